The molecule has 0 aliphatic rings. The highest BCUT2D eigenvalue weighted by molar-refractivity contribution is 6.20. The molecule has 6 nitrogen and oxygen atoms in total. The fraction of sp³-hybridized carbons (Fsp3) is 0.190. The van der Waals surface area contributed by atoms with E-state index in [1.165, 1.54) is 21.3 Å². The zero-order valence-electron chi connectivity index (χ0n) is 15.4. The smallest absolute Gasteiger partial charge is 0.339 e. The van der Waals surface area contributed by atoms with Crippen LogP contribution in [0.4, 0.5) is 0 Å². The van der Waals surface area contributed by atoms with E-state index in [-0.39, 0.29) is 16.7 Å². The lowest BCUT2D eigenvalue weighted by Crippen LogP contribution is -2.20. The maximum Gasteiger partial charge on any atom is 0.339 e. The van der Waals surface area contributed by atoms with Crippen LogP contribution in [0.1, 0.15) is 36.6 Å². The highest BCUT2D eigenvalue weighted by Crippen LogP contribution is 2.34. The molecule has 0 unspecified atom stereocenters. The number of carbonyl (C=O) groups excluding carboxylic acids is 3. The van der Waals surface area contributed by atoms with Gasteiger partial charge in [0.25, 0.3) is 0 Å². The maximum atomic E-state index is 12.6. The minimum atomic E-state index is -0.811. The van der Waals surface area contributed by atoms with E-state index in [0.29, 0.717) is 16.3 Å². The van der Waals surface area contributed by atoms with E-state index in [4.69, 9.17) is 14.2 Å². The first-order chi connectivity index (χ1) is 12.9. The van der Waals surface area contributed by atoms with Crippen LogP contribution in [0.2, 0.25) is 0 Å². The standard InChI is InChI=1S/C21H18O6/c1-11-14-9-12-7-5-6-8-13(12)10-15(14)17(20(23)26-3)18(21(24)27-4)16(11)19(22)25-2/h5-10H,1-4H3. The molecule has 27 heavy (non-hydrogen) atoms. The predicted molar refractivity (Wildman–Crippen MR) is 100 cm³/mol. The number of rotatable bonds is 3. The van der Waals surface area contributed by atoms with E-state index < -0.39 is 17.9 Å². The Morgan fingerprint density at radius 2 is 1.11 bits per heavy atom. The zero-order chi connectivity index (χ0) is 19.7. The third-order valence-electron chi connectivity index (χ3n) is 4.60. The monoisotopic (exact) mass is 366 g/mol. The summed E-state index contributed by atoms with van der Waals surface area (Å²) in [5.41, 5.74) is 0.343. The molecular formula is C21H18O6. The Kier molecular flexibility index (Phi) is 4.81. The molecule has 0 fully saturated rings. The van der Waals surface area contributed by atoms with E-state index >= 15 is 0 Å². The number of esters is 3. The molecule has 3 rings (SSSR count). The summed E-state index contributed by atoms with van der Waals surface area (Å²) in [5.74, 6) is -2.28. The van der Waals surface area contributed by atoms with Crippen LogP contribution in [0.15, 0.2) is 36.4 Å². The number of carbonyl (C=O) groups is 3. The fourth-order valence-corrected chi connectivity index (χ4v) is 3.32. The topological polar surface area (TPSA) is 78.9 Å². The molecule has 3 aromatic rings. The maximum absolute atomic E-state index is 12.6. The van der Waals surface area contributed by atoms with E-state index in [1.807, 2.05) is 30.3 Å². The summed E-state index contributed by atoms with van der Waals surface area (Å²) in [6.45, 7) is 1.71. The van der Waals surface area contributed by atoms with Gasteiger partial charge in [-0.2, -0.15) is 0 Å². The summed E-state index contributed by atoms with van der Waals surface area (Å²) in [7, 11) is 3.61. The van der Waals surface area contributed by atoms with Gasteiger partial charge in [0.1, 0.15) is 0 Å². The van der Waals surface area contributed by atoms with Gasteiger partial charge in [-0.25, -0.2) is 14.4 Å². The normalized spacial score (nSPS) is 10.7. The van der Waals surface area contributed by atoms with Crippen LogP contribution >= 0.6 is 0 Å². The lowest BCUT2D eigenvalue weighted by Gasteiger charge is -2.18. The van der Waals surface area contributed by atoms with Crippen molar-refractivity contribution in [3.05, 3.63) is 58.7 Å². The Morgan fingerprint density at radius 1 is 0.667 bits per heavy atom. The van der Waals surface area contributed by atoms with Crippen LogP contribution in [-0.2, 0) is 14.2 Å². The Bertz CT molecular complexity index is 1100. The molecular weight excluding hydrogens is 348 g/mol. The molecule has 0 atom stereocenters. The predicted octanol–water partition coefficient (Wildman–Crippen LogP) is 3.66. The molecule has 0 amide bonds. The van der Waals surface area contributed by atoms with Crippen molar-refractivity contribution < 1.29 is 28.6 Å². The number of ether oxygens (including phenoxy) is 3. The number of hydrogen-bond donors (Lipinski definition) is 0. The van der Waals surface area contributed by atoms with Crippen molar-refractivity contribution in [3.8, 4) is 0 Å². The van der Waals surface area contributed by atoms with Crippen molar-refractivity contribution in [2.75, 3.05) is 21.3 Å². The van der Waals surface area contributed by atoms with Crippen LogP contribution in [0, 0.1) is 6.92 Å². The Balaban J connectivity index is 2.61. The van der Waals surface area contributed by atoms with Gasteiger partial charge < -0.3 is 14.2 Å². The van der Waals surface area contributed by atoms with Gasteiger partial charge in [-0.3, -0.25) is 0 Å². The van der Waals surface area contributed by atoms with Crippen molar-refractivity contribution >= 4 is 39.5 Å². The minimum absolute atomic E-state index is 0.00692. The van der Waals surface area contributed by atoms with E-state index in [9.17, 15) is 14.4 Å². The quantitative estimate of drug-likeness (QED) is 0.400. The largest absolute Gasteiger partial charge is 0.465 e. The van der Waals surface area contributed by atoms with Gasteiger partial charge in [0, 0.05) is 0 Å². The molecule has 3 aromatic carbocycles. The van der Waals surface area contributed by atoms with Gasteiger partial charge in [-0.05, 0) is 46.2 Å². The van der Waals surface area contributed by atoms with Crippen LogP contribution in [-0.4, -0.2) is 39.2 Å². The Hall–Kier alpha value is -3.41. The summed E-state index contributed by atoms with van der Waals surface area (Å²) in [6.07, 6.45) is 0. The molecule has 0 spiro atoms. The zero-order valence-corrected chi connectivity index (χ0v) is 15.4. The lowest BCUT2D eigenvalue weighted by molar-refractivity contribution is 0.0536. The van der Waals surface area contributed by atoms with Crippen LogP contribution in [0.3, 0.4) is 0 Å². The third-order valence-corrected chi connectivity index (χ3v) is 4.60. The summed E-state index contributed by atoms with van der Waals surface area (Å²) >= 11 is 0. The number of benzene rings is 3. The van der Waals surface area contributed by atoms with Crippen molar-refractivity contribution in [1.82, 2.24) is 0 Å². The second kappa shape index (κ2) is 7.07. The molecule has 0 aliphatic carbocycles. The summed E-state index contributed by atoms with van der Waals surface area (Å²) in [6, 6.07) is 11.3. The second-order valence-electron chi connectivity index (χ2n) is 5.97. The van der Waals surface area contributed by atoms with E-state index in [2.05, 4.69) is 0 Å². The number of fused-ring (bicyclic) bond motifs is 2. The highest BCUT2D eigenvalue weighted by Gasteiger charge is 2.31. The van der Waals surface area contributed by atoms with Gasteiger partial charge >= 0.3 is 17.9 Å². The average Bonchev–Trinajstić information content (AvgIpc) is 2.70. The number of aryl methyl sites for hydroxylation is 1. The van der Waals surface area contributed by atoms with E-state index in [1.54, 1.807) is 13.0 Å². The van der Waals surface area contributed by atoms with Gasteiger partial charge in [0.05, 0.1) is 38.0 Å². The van der Waals surface area contributed by atoms with Gasteiger partial charge in [-0.15, -0.1) is 0 Å². The van der Waals surface area contributed by atoms with Gasteiger partial charge in [0.15, 0.2) is 0 Å². The van der Waals surface area contributed by atoms with Crippen LogP contribution in [0.5, 0.6) is 0 Å². The minimum Gasteiger partial charge on any atom is -0.465 e. The first-order valence-corrected chi connectivity index (χ1v) is 8.18. The lowest BCUT2D eigenvalue weighted by atomic mass is 9.88. The SMILES string of the molecule is COC(=O)c1c(C(=O)OC)c(C(=O)OC)c2cc3ccccc3cc2c1C. The molecule has 0 saturated carbocycles. The van der Waals surface area contributed by atoms with Crippen LogP contribution in [0.25, 0.3) is 21.5 Å². The summed E-state index contributed by atoms with van der Waals surface area (Å²) in [5, 5.41) is 2.98. The van der Waals surface area contributed by atoms with Gasteiger partial charge in [-0.1, -0.05) is 24.3 Å². The highest BCUT2D eigenvalue weighted by atomic mass is 16.5. The first kappa shape index (κ1) is 18.4. The molecule has 6 heteroatoms. The van der Waals surface area contributed by atoms with Crippen molar-refractivity contribution in [2.45, 2.75) is 6.92 Å². The number of hydrogen-bond acceptors (Lipinski definition) is 6. The number of methoxy groups -OCH3 is 3. The molecule has 0 heterocycles. The fourth-order valence-electron chi connectivity index (χ4n) is 3.32. The van der Waals surface area contributed by atoms with Crippen molar-refractivity contribution in [3.63, 3.8) is 0 Å². The molecule has 0 saturated heterocycles. The third kappa shape index (κ3) is 2.89. The molecule has 0 bridgehead atoms. The molecule has 0 N–H and O–H groups in total. The first-order valence-electron chi connectivity index (χ1n) is 8.18. The molecule has 0 radical (unpaired) electrons. The van der Waals surface area contributed by atoms with Gasteiger partial charge in [0.2, 0.25) is 0 Å². The van der Waals surface area contributed by atoms with Crippen molar-refractivity contribution in [1.29, 1.82) is 0 Å². The van der Waals surface area contributed by atoms with Crippen molar-refractivity contribution in [2.24, 2.45) is 0 Å². The Labute approximate surface area is 155 Å². The van der Waals surface area contributed by atoms with E-state index in [0.717, 1.165) is 10.8 Å². The Morgan fingerprint density at radius 3 is 1.63 bits per heavy atom. The second-order valence-corrected chi connectivity index (χ2v) is 5.97. The summed E-state index contributed by atoms with van der Waals surface area (Å²) in [4.78, 5) is 37.6. The average molecular weight is 366 g/mol. The molecule has 0 aliphatic heterocycles. The molecule has 0 aromatic heterocycles. The van der Waals surface area contributed by atoms with Crippen LogP contribution < -0.4 is 0 Å². The summed E-state index contributed by atoms with van der Waals surface area (Å²) < 4.78 is 14.6. The molecule has 138 valence electrons.